The molecule has 0 saturated carbocycles. The van der Waals surface area contributed by atoms with Gasteiger partial charge in [-0.05, 0) is 58.3 Å². The van der Waals surface area contributed by atoms with Gasteiger partial charge in [-0.25, -0.2) is 4.98 Å². The predicted octanol–water partition coefficient (Wildman–Crippen LogP) is 5.11. The van der Waals surface area contributed by atoms with Gasteiger partial charge < -0.3 is 5.32 Å². The van der Waals surface area contributed by atoms with E-state index < -0.39 is 0 Å². The van der Waals surface area contributed by atoms with Crippen molar-refractivity contribution in [3.05, 3.63) is 62.2 Å². The number of carbonyl (C=O) groups is 1. The zero-order valence-electron chi connectivity index (χ0n) is 11.0. The molecule has 2 rings (SSSR count). The first kappa shape index (κ1) is 16.0. The molecule has 1 N–H and O–H groups in total. The Morgan fingerprint density at radius 2 is 2.10 bits per heavy atom. The second kappa shape index (κ2) is 7.07. The molecule has 6 heteroatoms. The third kappa shape index (κ3) is 4.56. The number of carbonyl (C=O) groups excluding carboxylic acids is 1. The van der Waals surface area contributed by atoms with Crippen molar-refractivity contribution in [3.63, 3.8) is 0 Å². The summed E-state index contributed by atoms with van der Waals surface area (Å²) in [6, 6.07) is 6.96. The quantitative estimate of drug-likeness (QED) is 0.745. The van der Waals surface area contributed by atoms with Gasteiger partial charge in [0.1, 0.15) is 5.82 Å². The highest BCUT2D eigenvalue weighted by molar-refractivity contribution is 9.10. The molecule has 1 heterocycles. The maximum Gasteiger partial charge on any atom is 0.249 e. The molecule has 1 aromatic carbocycles. The summed E-state index contributed by atoms with van der Waals surface area (Å²) in [7, 11) is 0. The first-order valence-corrected chi connectivity index (χ1v) is 7.57. The minimum absolute atomic E-state index is 0.279. The summed E-state index contributed by atoms with van der Waals surface area (Å²) in [6.45, 7) is 1.87. The Kier molecular flexibility index (Phi) is 5.39. The van der Waals surface area contributed by atoms with Crippen LogP contribution in [0.2, 0.25) is 10.0 Å². The average molecular weight is 386 g/mol. The number of nitrogens with zero attached hydrogens (tertiary/aromatic N) is 1. The van der Waals surface area contributed by atoms with Gasteiger partial charge >= 0.3 is 0 Å². The van der Waals surface area contributed by atoms with E-state index in [1.165, 1.54) is 6.08 Å². The van der Waals surface area contributed by atoms with Crippen molar-refractivity contribution < 1.29 is 4.79 Å². The van der Waals surface area contributed by atoms with Crippen LogP contribution in [0.4, 0.5) is 5.82 Å². The summed E-state index contributed by atoms with van der Waals surface area (Å²) in [4.78, 5) is 16.0. The molecule has 0 bridgehead atoms. The smallest absolute Gasteiger partial charge is 0.249 e. The van der Waals surface area contributed by atoms with Crippen molar-refractivity contribution in [1.29, 1.82) is 0 Å². The molecule has 1 aromatic heterocycles. The van der Waals surface area contributed by atoms with E-state index >= 15 is 0 Å². The Morgan fingerprint density at radius 1 is 1.33 bits per heavy atom. The molecular weight excluding hydrogens is 375 g/mol. The number of hydrogen-bond acceptors (Lipinski definition) is 2. The van der Waals surface area contributed by atoms with Gasteiger partial charge in [0.15, 0.2) is 0 Å². The van der Waals surface area contributed by atoms with E-state index in [-0.39, 0.29) is 5.91 Å². The summed E-state index contributed by atoms with van der Waals surface area (Å²) in [5, 5.41) is 3.75. The molecule has 0 aliphatic heterocycles. The zero-order valence-corrected chi connectivity index (χ0v) is 14.1. The Labute approximate surface area is 141 Å². The van der Waals surface area contributed by atoms with E-state index in [0.29, 0.717) is 15.9 Å². The molecular formula is C15H11BrCl2N2O. The third-order valence-corrected chi connectivity index (χ3v) is 3.66. The second-order valence-corrected chi connectivity index (χ2v) is 6.07. The van der Waals surface area contributed by atoms with E-state index in [1.807, 2.05) is 13.0 Å². The lowest BCUT2D eigenvalue weighted by Crippen LogP contribution is -2.10. The Balaban J connectivity index is 2.09. The largest absolute Gasteiger partial charge is 0.307 e. The lowest BCUT2D eigenvalue weighted by molar-refractivity contribution is -0.111. The maximum atomic E-state index is 11.9. The van der Waals surface area contributed by atoms with E-state index in [1.54, 1.807) is 30.5 Å². The van der Waals surface area contributed by atoms with Gasteiger partial charge in [-0.2, -0.15) is 0 Å². The van der Waals surface area contributed by atoms with Crippen LogP contribution in [0, 0.1) is 6.92 Å². The molecule has 0 aliphatic carbocycles. The average Bonchev–Trinajstić information content (AvgIpc) is 2.41. The van der Waals surface area contributed by atoms with Crippen molar-refractivity contribution in [2.75, 3.05) is 5.32 Å². The molecule has 0 atom stereocenters. The Bertz CT molecular complexity index is 717. The van der Waals surface area contributed by atoms with Crippen LogP contribution >= 0.6 is 39.1 Å². The van der Waals surface area contributed by atoms with Crippen molar-refractivity contribution in [1.82, 2.24) is 4.98 Å². The Hall–Kier alpha value is -1.36. The zero-order chi connectivity index (χ0) is 15.4. The van der Waals surface area contributed by atoms with Gasteiger partial charge in [-0.15, -0.1) is 0 Å². The summed E-state index contributed by atoms with van der Waals surface area (Å²) in [6.07, 6.45) is 4.66. The Morgan fingerprint density at radius 3 is 2.76 bits per heavy atom. The SMILES string of the molecule is Cc1cc(Br)cnc1NC(=O)/C=C/c1ccc(Cl)cc1Cl. The summed E-state index contributed by atoms with van der Waals surface area (Å²) in [5.74, 6) is 0.244. The predicted molar refractivity (Wildman–Crippen MR) is 90.8 cm³/mol. The van der Waals surface area contributed by atoms with E-state index in [2.05, 4.69) is 26.2 Å². The van der Waals surface area contributed by atoms with Crippen LogP contribution in [0.25, 0.3) is 6.08 Å². The van der Waals surface area contributed by atoms with Crippen LogP contribution in [-0.4, -0.2) is 10.9 Å². The number of pyridine rings is 1. The van der Waals surface area contributed by atoms with E-state index in [4.69, 9.17) is 23.2 Å². The number of hydrogen-bond donors (Lipinski definition) is 1. The minimum Gasteiger partial charge on any atom is -0.307 e. The minimum atomic E-state index is -0.279. The van der Waals surface area contributed by atoms with E-state index in [0.717, 1.165) is 15.6 Å². The number of aromatic nitrogens is 1. The normalized spacial score (nSPS) is 10.9. The standard InChI is InChI=1S/C15H11BrCl2N2O/c1-9-6-11(16)8-19-15(9)20-14(21)5-3-10-2-4-12(17)7-13(10)18/h2-8H,1H3,(H,19,20,21)/b5-3+. The highest BCUT2D eigenvalue weighted by atomic mass is 79.9. The monoisotopic (exact) mass is 384 g/mol. The molecule has 0 radical (unpaired) electrons. The van der Waals surface area contributed by atoms with Crippen LogP contribution < -0.4 is 5.32 Å². The molecule has 0 saturated heterocycles. The van der Waals surface area contributed by atoms with Gasteiger partial charge in [0.2, 0.25) is 5.91 Å². The maximum absolute atomic E-state index is 11.9. The molecule has 0 fully saturated rings. The summed E-state index contributed by atoms with van der Waals surface area (Å²) >= 11 is 15.2. The van der Waals surface area contributed by atoms with Crippen molar-refractivity contribution in [3.8, 4) is 0 Å². The second-order valence-electron chi connectivity index (χ2n) is 4.31. The molecule has 2 aromatic rings. The fourth-order valence-corrected chi connectivity index (χ4v) is 2.55. The lowest BCUT2D eigenvalue weighted by Gasteiger charge is -2.05. The molecule has 21 heavy (non-hydrogen) atoms. The van der Waals surface area contributed by atoms with Crippen LogP contribution in [0.1, 0.15) is 11.1 Å². The highest BCUT2D eigenvalue weighted by Gasteiger charge is 2.04. The van der Waals surface area contributed by atoms with Crippen LogP contribution in [0.5, 0.6) is 0 Å². The van der Waals surface area contributed by atoms with Crippen LogP contribution in [0.3, 0.4) is 0 Å². The number of anilines is 1. The van der Waals surface area contributed by atoms with Gasteiger partial charge in [0.25, 0.3) is 0 Å². The fourth-order valence-electron chi connectivity index (χ4n) is 1.63. The molecule has 108 valence electrons. The number of benzene rings is 1. The first-order chi connectivity index (χ1) is 9.95. The molecule has 0 spiro atoms. The van der Waals surface area contributed by atoms with Crippen molar-refractivity contribution in [2.45, 2.75) is 6.92 Å². The highest BCUT2D eigenvalue weighted by Crippen LogP contribution is 2.22. The van der Waals surface area contributed by atoms with E-state index in [9.17, 15) is 4.79 Å². The summed E-state index contributed by atoms with van der Waals surface area (Å²) < 4.78 is 0.862. The molecule has 1 amide bonds. The molecule has 3 nitrogen and oxygen atoms in total. The number of aryl methyl sites for hydroxylation is 1. The number of halogens is 3. The number of amides is 1. The van der Waals surface area contributed by atoms with Gasteiger partial charge in [-0.3, -0.25) is 4.79 Å². The third-order valence-electron chi connectivity index (χ3n) is 2.66. The van der Waals surface area contributed by atoms with Gasteiger partial charge in [0.05, 0.1) is 0 Å². The molecule has 0 aliphatic rings. The molecule has 0 unspecified atom stereocenters. The van der Waals surface area contributed by atoms with Crippen LogP contribution in [-0.2, 0) is 4.79 Å². The van der Waals surface area contributed by atoms with Gasteiger partial charge in [0, 0.05) is 26.8 Å². The van der Waals surface area contributed by atoms with Crippen molar-refractivity contribution >= 4 is 56.9 Å². The number of nitrogens with one attached hydrogen (secondary N) is 1. The topological polar surface area (TPSA) is 42.0 Å². The lowest BCUT2D eigenvalue weighted by atomic mass is 10.2. The first-order valence-electron chi connectivity index (χ1n) is 6.02. The van der Waals surface area contributed by atoms with Crippen molar-refractivity contribution in [2.24, 2.45) is 0 Å². The summed E-state index contributed by atoms with van der Waals surface area (Å²) in [5.41, 5.74) is 1.59. The van der Waals surface area contributed by atoms with Gasteiger partial charge in [-0.1, -0.05) is 29.3 Å². The fraction of sp³-hybridized carbons (Fsp3) is 0.0667. The number of rotatable bonds is 3. The van der Waals surface area contributed by atoms with Crippen LogP contribution in [0.15, 0.2) is 41.0 Å².